The second-order valence-corrected chi connectivity index (χ2v) is 4.45. The predicted molar refractivity (Wildman–Crippen MR) is 76.0 cm³/mol. The zero-order valence-corrected chi connectivity index (χ0v) is 11.4. The zero-order valence-electron chi connectivity index (χ0n) is 11.4. The summed E-state index contributed by atoms with van der Waals surface area (Å²) >= 11 is 0. The standard InChI is InChI=1S/C14H21N3O2/c1-3-4-9-16-14(19)10(2)17-12-7-5-11(6-8-12)13(15)18/h5-8,10,17H,3-4,9H2,1-2H3,(H2,15,18)(H,16,19). The summed E-state index contributed by atoms with van der Waals surface area (Å²) in [5.41, 5.74) is 6.39. The van der Waals surface area contributed by atoms with Crippen molar-refractivity contribution in [2.24, 2.45) is 5.73 Å². The third-order valence-corrected chi connectivity index (χ3v) is 2.78. The molecule has 5 heteroatoms. The van der Waals surface area contributed by atoms with Crippen LogP contribution in [0.1, 0.15) is 37.0 Å². The molecule has 1 aromatic carbocycles. The highest BCUT2D eigenvalue weighted by Crippen LogP contribution is 2.10. The molecule has 0 aliphatic carbocycles. The Morgan fingerprint density at radius 3 is 2.42 bits per heavy atom. The fraction of sp³-hybridized carbons (Fsp3) is 0.429. The first-order valence-corrected chi connectivity index (χ1v) is 6.48. The first-order chi connectivity index (χ1) is 9.04. The van der Waals surface area contributed by atoms with E-state index in [4.69, 9.17) is 5.73 Å². The summed E-state index contributed by atoms with van der Waals surface area (Å²) in [6.45, 7) is 4.57. The van der Waals surface area contributed by atoms with Crippen LogP contribution in [0, 0.1) is 0 Å². The Kier molecular flexibility index (Phi) is 5.85. The number of unbranched alkanes of at least 4 members (excludes halogenated alkanes) is 1. The van der Waals surface area contributed by atoms with E-state index >= 15 is 0 Å². The van der Waals surface area contributed by atoms with E-state index < -0.39 is 5.91 Å². The molecule has 19 heavy (non-hydrogen) atoms. The Morgan fingerprint density at radius 1 is 1.26 bits per heavy atom. The summed E-state index contributed by atoms with van der Waals surface area (Å²) in [7, 11) is 0. The average molecular weight is 263 g/mol. The maximum absolute atomic E-state index is 11.7. The van der Waals surface area contributed by atoms with E-state index in [1.54, 1.807) is 31.2 Å². The summed E-state index contributed by atoms with van der Waals surface area (Å²) in [6, 6.07) is 6.40. The van der Waals surface area contributed by atoms with E-state index in [9.17, 15) is 9.59 Å². The molecule has 1 aromatic rings. The SMILES string of the molecule is CCCCNC(=O)C(C)Nc1ccc(C(N)=O)cc1. The van der Waals surface area contributed by atoms with E-state index in [0.29, 0.717) is 12.1 Å². The van der Waals surface area contributed by atoms with Crippen molar-refractivity contribution in [1.29, 1.82) is 0 Å². The minimum absolute atomic E-state index is 0.0348. The fourth-order valence-electron chi connectivity index (χ4n) is 1.59. The Hall–Kier alpha value is -2.04. The molecule has 0 radical (unpaired) electrons. The number of nitrogens with two attached hydrogens (primary N) is 1. The van der Waals surface area contributed by atoms with Crippen molar-refractivity contribution in [2.75, 3.05) is 11.9 Å². The Morgan fingerprint density at radius 2 is 1.89 bits per heavy atom. The highest BCUT2D eigenvalue weighted by molar-refractivity contribution is 5.93. The molecule has 1 atom stereocenters. The molecule has 5 nitrogen and oxygen atoms in total. The van der Waals surface area contributed by atoms with Crippen LogP contribution in [0.3, 0.4) is 0 Å². The molecule has 0 heterocycles. The third-order valence-electron chi connectivity index (χ3n) is 2.78. The lowest BCUT2D eigenvalue weighted by atomic mass is 10.2. The summed E-state index contributed by atoms with van der Waals surface area (Å²) in [5.74, 6) is -0.496. The maximum Gasteiger partial charge on any atom is 0.248 e. The smallest absolute Gasteiger partial charge is 0.248 e. The van der Waals surface area contributed by atoms with E-state index in [1.165, 1.54) is 0 Å². The molecule has 0 aliphatic heterocycles. The van der Waals surface area contributed by atoms with Gasteiger partial charge in [0.15, 0.2) is 0 Å². The van der Waals surface area contributed by atoms with Crippen LogP contribution in [0.25, 0.3) is 0 Å². The molecule has 0 saturated carbocycles. The molecule has 0 aromatic heterocycles. The molecule has 0 saturated heterocycles. The first kappa shape index (κ1) is 15.0. The molecular formula is C14H21N3O2. The Labute approximate surface area is 113 Å². The van der Waals surface area contributed by atoms with Gasteiger partial charge in [-0.05, 0) is 37.6 Å². The summed E-state index contributed by atoms with van der Waals surface area (Å²) in [4.78, 5) is 22.7. The number of rotatable bonds is 7. The van der Waals surface area contributed by atoms with E-state index in [0.717, 1.165) is 18.5 Å². The van der Waals surface area contributed by atoms with Gasteiger partial charge in [-0.15, -0.1) is 0 Å². The normalized spacial score (nSPS) is 11.7. The van der Waals surface area contributed by atoms with Crippen molar-refractivity contribution < 1.29 is 9.59 Å². The van der Waals surface area contributed by atoms with Gasteiger partial charge in [0.25, 0.3) is 0 Å². The Balaban J connectivity index is 2.49. The van der Waals surface area contributed by atoms with Gasteiger partial charge in [0.05, 0.1) is 0 Å². The molecule has 104 valence electrons. The number of hydrogen-bond acceptors (Lipinski definition) is 3. The van der Waals surface area contributed by atoms with E-state index in [1.807, 2.05) is 0 Å². The number of primary amides is 1. The highest BCUT2D eigenvalue weighted by atomic mass is 16.2. The number of benzene rings is 1. The van der Waals surface area contributed by atoms with Gasteiger partial charge >= 0.3 is 0 Å². The second-order valence-electron chi connectivity index (χ2n) is 4.45. The van der Waals surface area contributed by atoms with Gasteiger partial charge in [0.2, 0.25) is 11.8 Å². The fourth-order valence-corrected chi connectivity index (χ4v) is 1.59. The van der Waals surface area contributed by atoms with Gasteiger partial charge in [0, 0.05) is 17.8 Å². The van der Waals surface area contributed by atoms with Crippen LogP contribution in [0.15, 0.2) is 24.3 Å². The van der Waals surface area contributed by atoms with Crippen LogP contribution in [-0.4, -0.2) is 24.4 Å². The summed E-state index contributed by atoms with van der Waals surface area (Å²) < 4.78 is 0. The van der Waals surface area contributed by atoms with Gasteiger partial charge < -0.3 is 16.4 Å². The van der Waals surface area contributed by atoms with Crippen LogP contribution in [0.2, 0.25) is 0 Å². The highest BCUT2D eigenvalue weighted by Gasteiger charge is 2.11. The van der Waals surface area contributed by atoms with Gasteiger partial charge in [-0.1, -0.05) is 13.3 Å². The van der Waals surface area contributed by atoms with Gasteiger partial charge in [-0.25, -0.2) is 0 Å². The molecule has 1 unspecified atom stereocenters. The molecule has 0 aliphatic rings. The molecule has 2 amide bonds. The predicted octanol–water partition coefficient (Wildman–Crippen LogP) is 1.50. The van der Waals surface area contributed by atoms with Gasteiger partial charge in [-0.3, -0.25) is 9.59 Å². The zero-order chi connectivity index (χ0) is 14.3. The lowest BCUT2D eigenvalue weighted by Crippen LogP contribution is -2.37. The van der Waals surface area contributed by atoms with Crippen LogP contribution in [-0.2, 0) is 4.79 Å². The van der Waals surface area contributed by atoms with Crippen LogP contribution in [0.5, 0.6) is 0 Å². The molecule has 0 bridgehead atoms. The Bertz CT molecular complexity index is 429. The number of anilines is 1. The van der Waals surface area contributed by atoms with Gasteiger partial charge in [0.1, 0.15) is 6.04 Å². The van der Waals surface area contributed by atoms with Crippen molar-refractivity contribution in [3.8, 4) is 0 Å². The molecule has 0 spiro atoms. The van der Waals surface area contributed by atoms with Crippen molar-refractivity contribution >= 4 is 17.5 Å². The number of amides is 2. The summed E-state index contributed by atoms with van der Waals surface area (Å²) in [6.07, 6.45) is 2.03. The number of carbonyl (C=O) groups is 2. The lowest BCUT2D eigenvalue weighted by molar-refractivity contribution is -0.121. The van der Waals surface area contributed by atoms with E-state index in [2.05, 4.69) is 17.6 Å². The molecule has 4 N–H and O–H groups in total. The molecule has 0 fully saturated rings. The van der Waals surface area contributed by atoms with Crippen LogP contribution in [0.4, 0.5) is 5.69 Å². The third kappa shape index (κ3) is 4.99. The number of carbonyl (C=O) groups excluding carboxylic acids is 2. The van der Waals surface area contributed by atoms with E-state index in [-0.39, 0.29) is 11.9 Å². The number of nitrogens with one attached hydrogen (secondary N) is 2. The summed E-state index contributed by atoms with van der Waals surface area (Å²) in [5, 5.41) is 5.93. The van der Waals surface area contributed by atoms with Crippen molar-refractivity contribution in [1.82, 2.24) is 5.32 Å². The monoisotopic (exact) mass is 263 g/mol. The number of hydrogen-bond donors (Lipinski definition) is 3. The van der Waals surface area contributed by atoms with Crippen molar-refractivity contribution in [2.45, 2.75) is 32.7 Å². The minimum atomic E-state index is -0.461. The quantitative estimate of drug-likeness (QED) is 0.652. The molecule has 1 rings (SSSR count). The topological polar surface area (TPSA) is 84.2 Å². The van der Waals surface area contributed by atoms with Crippen LogP contribution >= 0.6 is 0 Å². The first-order valence-electron chi connectivity index (χ1n) is 6.48. The largest absolute Gasteiger partial charge is 0.374 e. The average Bonchev–Trinajstić information content (AvgIpc) is 2.39. The molecular weight excluding hydrogens is 242 g/mol. The lowest BCUT2D eigenvalue weighted by Gasteiger charge is -2.15. The maximum atomic E-state index is 11.7. The van der Waals surface area contributed by atoms with Crippen molar-refractivity contribution in [3.63, 3.8) is 0 Å². The minimum Gasteiger partial charge on any atom is -0.374 e. The van der Waals surface area contributed by atoms with Crippen molar-refractivity contribution in [3.05, 3.63) is 29.8 Å². The second kappa shape index (κ2) is 7.41. The van der Waals surface area contributed by atoms with Crippen LogP contribution < -0.4 is 16.4 Å². The van der Waals surface area contributed by atoms with Gasteiger partial charge in [-0.2, -0.15) is 0 Å².